The second-order valence-electron chi connectivity index (χ2n) is 2.57. The second kappa shape index (κ2) is 3.42. The SMILES string of the molecule is C/C=C/C(C)N1CCOC1=O. The number of carbonyl (C=O) groups excluding carboxylic acids is 1. The average Bonchev–Trinajstić information content (AvgIpc) is 2.36. The van der Waals surface area contributed by atoms with Crippen LogP contribution in [-0.4, -0.2) is 30.2 Å². The number of allylic oxidation sites excluding steroid dienone is 1. The van der Waals surface area contributed by atoms with Gasteiger partial charge in [-0.25, -0.2) is 4.79 Å². The molecule has 3 heteroatoms. The maximum atomic E-state index is 11.0. The third-order valence-electron chi connectivity index (χ3n) is 1.75. The van der Waals surface area contributed by atoms with Crippen LogP contribution >= 0.6 is 0 Å². The Morgan fingerprint density at radius 1 is 1.73 bits per heavy atom. The molecule has 0 bridgehead atoms. The monoisotopic (exact) mass is 155 g/mol. The lowest BCUT2D eigenvalue weighted by Gasteiger charge is -2.17. The Labute approximate surface area is 66.6 Å². The predicted octanol–water partition coefficient (Wildman–Crippen LogP) is 1.40. The fraction of sp³-hybridized carbons (Fsp3) is 0.625. The number of rotatable bonds is 2. The molecule has 62 valence electrons. The molecule has 1 unspecified atom stereocenters. The van der Waals surface area contributed by atoms with Crippen LogP contribution in [0.1, 0.15) is 13.8 Å². The highest BCUT2D eigenvalue weighted by molar-refractivity contribution is 5.69. The lowest BCUT2D eigenvalue weighted by atomic mass is 10.3. The summed E-state index contributed by atoms with van der Waals surface area (Å²) in [6, 6.07) is 0.162. The standard InChI is InChI=1S/C8H13NO2/c1-3-4-7(2)9-5-6-11-8(9)10/h3-4,7H,5-6H2,1-2H3/b4-3+. The van der Waals surface area contributed by atoms with Crippen LogP contribution in [-0.2, 0) is 4.74 Å². The summed E-state index contributed by atoms with van der Waals surface area (Å²) < 4.78 is 4.79. The van der Waals surface area contributed by atoms with Gasteiger partial charge in [0.2, 0.25) is 0 Å². The van der Waals surface area contributed by atoms with E-state index < -0.39 is 0 Å². The molecule has 1 amide bonds. The lowest BCUT2D eigenvalue weighted by Crippen LogP contribution is -2.32. The first-order valence-corrected chi connectivity index (χ1v) is 3.82. The molecule has 0 aromatic heterocycles. The van der Waals surface area contributed by atoms with E-state index in [0.717, 1.165) is 0 Å². The molecular weight excluding hydrogens is 142 g/mol. The minimum atomic E-state index is -0.199. The second-order valence-corrected chi connectivity index (χ2v) is 2.57. The molecule has 0 N–H and O–H groups in total. The molecule has 0 spiro atoms. The molecule has 1 atom stereocenters. The molecule has 1 saturated heterocycles. The third-order valence-corrected chi connectivity index (χ3v) is 1.75. The van der Waals surface area contributed by atoms with Gasteiger partial charge in [-0.3, -0.25) is 4.90 Å². The molecule has 1 aliphatic heterocycles. The molecule has 1 fully saturated rings. The number of nitrogens with zero attached hydrogens (tertiary/aromatic N) is 1. The third kappa shape index (κ3) is 1.73. The fourth-order valence-corrected chi connectivity index (χ4v) is 1.16. The summed E-state index contributed by atoms with van der Waals surface area (Å²) in [4.78, 5) is 12.7. The number of amides is 1. The van der Waals surface area contributed by atoms with Crippen LogP contribution in [0.3, 0.4) is 0 Å². The molecule has 1 heterocycles. The first-order chi connectivity index (χ1) is 5.25. The van der Waals surface area contributed by atoms with Gasteiger partial charge in [-0.1, -0.05) is 12.2 Å². The Morgan fingerprint density at radius 2 is 2.45 bits per heavy atom. The quantitative estimate of drug-likeness (QED) is 0.564. The number of hydrogen-bond donors (Lipinski definition) is 0. The van der Waals surface area contributed by atoms with Crippen molar-refractivity contribution in [2.45, 2.75) is 19.9 Å². The Morgan fingerprint density at radius 3 is 2.91 bits per heavy atom. The number of carbonyl (C=O) groups is 1. The average molecular weight is 155 g/mol. The first kappa shape index (κ1) is 8.11. The van der Waals surface area contributed by atoms with Gasteiger partial charge in [0, 0.05) is 0 Å². The van der Waals surface area contributed by atoms with Gasteiger partial charge in [0.05, 0.1) is 12.6 Å². The molecule has 0 radical (unpaired) electrons. The van der Waals surface area contributed by atoms with Crippen molar-refractivity contribution in [3.63, 3.8) is 0 Å². The van der Waals surface area contributed by atoms with Gasteiger partial charge >= 0.3 is 6.09 Å². The maximum Gasteiger partial charge on any atom is 0.410 e. The van der Waals surface area contributed by atoms with Crippen LogP contribution in [0.2, 0.25) is 0 Å². The van der Waals surface area contributed by atoms with Crippen LogP contribution in [0.4, 0.5) is 4.79 Å². The topological polar surface area (TPSA) is 29.5 Å². The van der Waals surface area contributed by atoms with E-state index in [4.69, 9.17) is 4.74 Å². The van der Waals surface area contributed by atoms with Crippen LogP contribution in [0.15, 0.2) is 12.2 Å². The van der Waals surface area contributed by atoms with Gasteiger partial charge in [0.15, 0.2) is 0 Å². The van der Waals surface area contributed by atoms with Crippen molar-refractivity contribution < 1.29 is 9.53 Å². The van der Waals surface area contributed by atoms with Gasteiger partial charge in [-0.2, -0.15) is 0 Å². The normalized spacial score (nSPS) is 20.9. The molecule has 1 rings (SSSR count). The zero-order valence-corrected chi connectivity index (χ0v) is 6.91. The molecule has 3 nitrogen and oxygen atoms in total. The van der Waals surface area contributed by atoms with Crippen molar-refractivity contribution in [3.05, 3.63) is 12.2 Å². The molecule has 1 aliphatic rings. The van der Waals surface area contributed by atoms with E-state index in [0.29, 0.717) is 13.2 Å². The van der Waals surface area contributed by atoms with Gasteiger partial charge < -0.3 is 4.74 Å². The Balaban J connectivity index is 2.52. The summed E-state index contributed by atoms with van der Waals surface area (Å²) in [5.74, 6) is 0. The highest BCUT2D eigenvalue weighted by Gasteiger charge is 2.24. The smallest absolute Gasteiger partial charge is 0.410 e. The van der Waals surface area contributed by atoms with Crippen molar-refractivity contribution >= 4 is 6.09 Å². The summed E-state index contributed by atoms with van der Waals surface area (Å²) in [5.41, 5.74) is 0. The van der Waals surface area contributed by atoms with Crippen molar-refractivity contribution in [2.24, 2.45) is 0 Å². The van der Waals surface area contributed by atoms with Gasteiger partial charge in [0.25, 0.3) is 0 Å². The van der Waals surface area contributed by atoms with Crippen molar-refractivity contribution in [3.8, 4) is 0 Å². The van der Waals surface area contributed by atoms with Crippen LogP contribution in [0, 0.1) is 0 Å². The summed E-state index contributed by atoms with van der Waals surface area (Å²) in [7, 11) is 0. The zero-order chi connectivity index (χ0) is 8.27. The molecule has 0 aromatic rings. The maximum absolute atomic E-state index is 11.0. The van der Waals surface area contributed by atoms with E-state index in [2.05, 4.69) is 0 Å². The predicted molar refractivity (Wildman–Crippen MR) is 42.3 cm³/mol. The lowest BCUT2D eigenvalue weighted by molar-refractivity contribution is 0.154. The van der Waals surface area contributed by atoms with Crippen molar-refractivity contribution in [2.75, 3.05) is 13.2 Å². The Hall–Kier alpha value is -0.990. The van der Waals surface area contributed by atoms with E-state index >= 15 is 0 Å². The van der Waals surface area contributed by atoms with E-state index in [-0.39, 0.29) is 12.1 Å². The fourth-order valence-electron chi connectivity index (χ4n) is 1.16. The zero-order valence-electron chi connectivity index (χ0n) is 6.91. The van der Waals surface area contributed by atoms with E-state index in [1.807, 2.05) is 26.0 Å². The molecule has 0 aliphatic carbocycles. The number of hydrogen-bond acceptors (Lipinski definition) is 2. The highest BCUT2D eigenvalue weighted by atomic mass is 16.6. The molecule has 0 aromatic carbocycles. The summed E-state index contributed by atoms with van der Waals surface area (Å²) in [6.07, 6.45) is 3.72. The summed E-state index contributed by atoms with van der Waals surface area (Å²) in [5, 5.41) is 0. The summed E-state index contributed by atoms with van der Waals surface area (Å²) in [6.45, 7) is 5.16. The number of cyclic esters (lactones) is 1. The Kier molecular flexibility index (Phi) is 2.52. The van der Waals surface area contributed by atoms with E-state index in [9.17, 15) is 4.79 Å². The minimum absolute atomic E-state index is 0.162. The van der Waals surface area contributed by atoms with Crippen LogP contribution in [0.5, 0.6) is 0 Å². The highest BCUT2D eigenvalue weighted by Crippen LogP contribution is 2.08. The van der Waals surface area contributed by atoms with Gasteiger partial charge in [-0.15, -0.1) is 0 Å². The van der Waals surface area contributed by atoms with Crippen LogP contribution in [0.25, 0.3) is 0 Å². The van der Waals surface area contributed by atoms with Gasteiger partial charge in [-0.05, 0) is 13.8 Å². The number of ether oxygens (including phenoxy) is 1. The Bertz CT molecular complexity index is 177. The minimum Gasteiger partial charge on any atom is -0.448 e. The van der Waals surface area contributed by atoms with Crippen molar-refractivity contribution in [1.82, 2.24) is 4.90 Å². The largest absolute Gasteiger partial charge is 0.448 e. The van der Waals surface area contributed by atoms with Crippen molar-refractivity contribution in [1.29, 1.82) is 0 Å². The first-order valence-electron chi connectivity index (χ1n) is 3.82. The van der Waals surface area contributed by atoms with E-state index in [1.165, 1.54) is 0 Å². The molecule has 11 heavy (non-hydrogen) atoms. The molecular formula is C8H13NO2. The molecule has 0 saturated carbocycles. The summed E-state index contributed by atoms with van der Waals surface area (Å²) >= 11 is 0. The van der Waals surface area contributed by atoms with E-state index in [1.54, 1.807) is 4.90 Å². The van der Waals surface area contributed by atoms with Crippen LogP contribution < -0.4 is 0 Å². The van der Waals surface area contributed by atoms with Gasteiger partial charge in [0.1, 0.15) is 6.61 Å².